The van der Waals surface area contributed by atoms with Crippen molar-refractivity contribution in [3.05, 3.63) is 30.5 Å². The lowest BCUT2D eigenvalue weighted by atomic mass is 10.0. The minimum Gasteiger partial charge on any atom is -0.396 e. The fourth-order valence-electron chi connectivity index (χ4n) is 2.15. The van der Waals surface area contributed by atoms with E-state index in [4.69, 9.17) is 10.5 Å². The fourth-order valence-corrected chi connectivity index (χ4v) is 2.15. The first-order valence-electron chi connectivity index (χ1n) is 7.11. The number of nitrogens with two attached hydrogens (primary N) is 1. The molecular formula is C16H23N3O. The maximum Gasteiger partial charge on any atom is 0.0743 e. The number of nitrogens with zero attached hydrogens (tertiary/aromatic N) is 1. The molecule has 0 bridgehead atoms. The van der Waals surface area contributed by atoms with Crippen LogP contribution < -0.4 is 11.1 Å². The maximum atomic E-state index is 6.10. The van der Waals surface area contributed by atoms with Crippen LogP contribution in [0.3, 0.4) is 0 Å². The van der Waals surface area contributed by atoms with E-state index < -0.39 is 0 Å². The monoisotopic (exact) mass is 273 g/mol. The summed E-state index contributed by atoms with van der Waals surface area (Å²) in [6, 6.07) is 8.24. The molecule has 3 N–H and O–H groups in total. The highest BCUT2D eigenvalue weighted by Gasteiger charge is 2.16. The third-order valence-electron chi connectivity index (χ3n) is 3.44. The molecule has 1 aromatic carbocycles. The van der Waals surface area contributed by atoms with Crippen LogP contribution in [0, 0.1) is 5.92 Å². The van der Waals surface area contributed by atoms with Crippen molar-refractivity contribution in [3.8, 4) is 0 Å². The van der Waals surface area contributed by atoms with Gasteiger partial charge in [-0.15, -0.1) is 0 Å². The molecule has 0 saturated carbocycles. The summed E-state index contributed by atoms with van der Waals surface area (Å²) in [5.41, 5.74) is 8.67. The summed E-state index contributed by atoms with van der Waals surface area (Å²) in [4.78, 5) is 4.36. The molecule has 0 saturated heterocycles. The van der Waals surface area contributed by atoms with E-state index in [1.54, 1.807) is 6.20 Å². The van der Waals surface area contributed by atoms with Crippen molar-refractivity contribution < 1.29 is 4.74 Å². The first kappa shape index (κ1) is 14.6. The van der Waals surface area contributed by atoms with Crippen LogP contribution in [0.15, 0.2) is 30.5 Å². The molecule has 0 unspecified atom stereocenters. The second-order valence-corrected chi connectivity index (χ2v) is 5.26. The molecule has 0 fully saturated rings. The smallest absolute Gasteiger partial charge is 0.0743 e. The predicted octanol–water partition coefficient (Wildman–Crippen LogP) is 3.29. The van der Waals surface area contributed by atoms with Gasteiger partial charge in [0.1, 0.15) is 0 Å². The van der Waals surface area contributed by atoms with Crippen LogP contribution in [0.1, 0.15) is 20.8 Å². The van der Waals surface area contributed by atoms with Gasteiger partial charge < -0.3 is 15.8 Å². The van der Waals surface area contributed by atoms with Gasteiger partial charge in [-0.25, -0.2) is 0 Å². The zero-order valence-electron chi connectivity index (χ0n) is 12.4. The van der Waals surface area contributed by atoms with E-state index in [9.17, 15) is 0 Å². The molecule has 0 aliphatic carbocycles. The van der Waals surface area contributed by atoms with Gasteiger partial charge in [0.25, 0.3) is 0 Å². The Labute approximate surface area is 120 Å². The molecule has 0 aliphatic heterocycles. The van der Waals surface area contributed by atoms with Gasteiger partial charge in [0.2, 0.25) is 0 Å². The van der Waals surface area contributed by atoms with Crippen LogP contribution in [0.25, 0.3) is 10.9 Å². The number of aromatic nitrogens is 1. The SMILES string of the molecule is CCOC[C@@H](Nc1c(N)cnc2ccccc12)C(C)C. The summed E-state index contributed by atoms with van der Waals surface area (Å²) in [7, 11) is 0. The van der Waals surface area contributed by atoms with Crippen LogP contribution in [-0.4, -0.2) is 24.2 Å². The molecule has 0 amide bonds. The maximum absolute atomic E-state index is 6.10. The fraction of sp³-hybridized carbons (Fsp3) is 0.438. The lowest BCUT2D eigenvalue weighted by molar-refractivity contribution is 0.127. The van der Waals surface area contributed by atoms with E-state index in [-0.39, 0.29) is 6.04 Å². The van der Waals surface area contributed by atoms with Crippen molar-refractivity contribution in [1.29, 1.82) is 0 Å². The number of pyridine rings is 1. The Morgan fingerprint density at radius 2 is 2.05 bits per heavy atom. The highest BCUT2D eigenvalue weighted by molar-refractivity contribution is 5.96. The molecule has 0 spiro atoms. The quantitative estimate of drug-likeness (QED) is 0.848. The molecule has 1 aromatic heterocycles. The summed E-state index contributed by atoms with van der Waals surface area (Å²) >= 11 is 0. The zero-order valence-corrected chi connectivity index (χ0v) is 12.4. The van der Waals surface area contributed by atoms with Crippen molar-refractivity contribution >= 4 is 22.3 Å². The summed E-state index contributed by atoms with van der Waals surface area (Å²) < 4.78 is 5.56. The molecule has 4 nitrogen and oxygen atoms in total. The van der Waals surface area contributed by atoms with E-state index >= 15 is 0 Å². The van der Waals surface area contributed by atoms with E-state index in [2.05, 4.69) is 24.1 Å². The number of rotatable bonds is 6. The third kappa shape index (κ3) is 3.20. The predicted molar refractivity (Wildman–Crippen MR) is 84.9 cm³/mol. The van der Waals surface area contributed by atoms with Crippen molar-refractivity contribution in [2.45, 2.75) is 26.8 Å². The van der Waals surface area contributed by atoms with Crippen LogP contribution in [0.2, 0.25) is 0 Å². The lowest BCUT2D eigenvalue weighted by Gasteiger charge is -2.25. The van der Waals surface area contributed by atoms with Crippen LogP contribution in [-0.2, 0) is 4.74 Å². The number of nitrogen functional groups attached to an aromatic ring is 1. The second-order valence-electron chi connectivity index (χ2n) is 5.26. The van der Waals surface area contributed by atoms with Crippen molar-refractivity contribution in [1.82, 2.24) is 4.98 Å². The summed E-state index contributed by atoms with van der Waals surface area (Å²) in [6.45, 7) is 7.75. The molecule has 2 rings (SSSR count). The van der Waals surface area contributed by atoms with E-state index in [1.807, 2.05) is 31.2 Å². The number of nitrogens with one attached hydrogen (secondary N) is 1. The van der Waals surface area contributed by atoms with Gasteiger partial charge in [-0.2, -0.15) is 0 Å². The van der Waals surface area contributed by atoms with Gasteiger partial charge in [-0.1, -0.05) is 32.0 Å². The number of hydrogen-bond acceptors (Lipinski definition) is 4. The van der Waals surface area contributed by atoms with Crippen LogP contribution in [0.5, 0.6) is 0 Å². The molecule has 1 heterocycles. The van der Waals surface area contributed by atoms with E-state index in [0.717, 1.165) is 23.2 Å². The molecule has 20 heavy (non-hydrogen) atoms. The van der Waals surface area contributed by atoms with Gasteiger partial charge in [0.15, 0.2) is 0 Å². The lowest BCUT2D eigenvalue weighted by Crippen LogP contribution is -2.31. The Morgan fingerprint density at radius 1 is 1.30 bits per heavy atom. The number of ether oxygens (including phenoxy) is 1. The molecule has 2 aromatic rings. The van der Waals surface area contributed by atoms with Gasteiger partial charge in [-0.3, -0.25) is 4.98 Å². The van der Waals surface area contributed by atoms with E-state index in [0.29, 0.717) is 18.2 Å². The van der Waals surface area contributed by atoms with Crippen LogP contribution in [0.4, 0.5) is 11.4 Å². The van der Waals surface area contributed by atoms with Gasteiger partial charge >= 0.3 is 0 Å². The van der Waals surface area contributed by atoms with Crippen molar-refractivity contribution in [2.24, 2.45) is 5.92 Å². The number of anilines is 2. The Bertz CT molecular complexity index is 569. The first-order chi connectivity index (χ1) is 9.63. The van der Waals surface area contributed by atoms with Gasteiger partial charge in [-0.05, 0) is 18.9 Å². The molecule has 0 radical (unpaired) electrons. The Kier molecular flexibility index (Phi) is 4.79. The number of benzene rings is 1. The number of para-hydroxylation sites is 1. The highest BCUT2D eigenvalue weighted by atomic mass is 16.5. The van der Waals surface area contributed by atoms with Gasteiger partial charge in [0, 0.05) is 12.0 Å². The van der Waals surface area contributed by atoms with Crippen molar-refractivity contribution in [3.63, 3.8) is 0 Å². The molecule has 0 aliphatic rings. The summed E-state index contributed by atoms with van der Waals surface area (Å²) in [5, 5.41) is 4.59. The Morgan fingerprint density at radius 3 is 2.75 bits per heavy atom. The largest absolute Gasteiger partial charge is 0.396 e. The summed E-state index contributed by atoms with van der Waals surface area (Å²) in [5.74, 6) is 0.452. The van der Waals surface area contributed by atoms with Crippen LogP contribution >= 0.6 is 0 Å². The Balaban J connectivity index is 2.33. The zero-order chi connectivity index (χ0) is 14.5. The number of fused-ring (bicyclic) bond motifs is 1. The molecular weight excluding hydrogens is 250 g/mol. The third-order valence-corrected chi connectivity index (χ3v) is 3.44. The molecule has 4 heteroatoms. The molecule has 1 atom stereocenters. The topological polar surface area (TPSA) is 60.2 Å². The summed E-state index contributed by atoms with van der Waals surface area (Å²) in [6.07, 6.45) is 1.71. The van der Waals surface area contributed by atoms with Gasteiger partial charge in [0.05, 0.1) is 35.7 Å². The average molecular weight is 273 g/mol. The minimum atomic E-state index is 0.225. The van der Waals surface area contributed by atoms with E-state index in [1.165, 1.54) is 0 Å². The average Bonchev–Trinajstić information content (AvgIpc) is 2.45. The first-order valence-corrected chi connectivity index (χ1v) is 7.11. The minimum absolute atomic E-state index is 0.225. The highest BCUT2D eigenvalue weighted by Crippen LogP contribution is 2.29. The normalized spacial score (nSPS) is 12.8. The molecule has 108 valence electrons. The Hall–Kier alpha value is -1.81. The van der Waals surface area contributed by atoms with Crippen molar-refractivity contribution in [2.75, 3.05) is 24.3 Å². The second kappa shape index (κ2) is 6.57. The number of hydrogen-bond donors (Lipinski definition) is 2. The standard InChI is InChI=1S/C16H23N3O/c1-4-20-10-15(11(2)3)19-16-12-7-5-6-8-14(12)18-9-13(16)17/h5-9,11,15H,4,10,17H2,1-3H3,(H,18,19)/t15-/m1/s1.